The largest absolute Gasteiger partial charge is 0.480 e. The van der Waals surface area contributed by atoms with Gasteiger partial charge in [0.05, 0.1) is 17.3 Å². The van der Waals surface area contributed by atoms with Gasteiger partial charge in [-0.15, -0.1) is 0 Å². The normalized spacial score (nSPS) is 20.8. The molecule has 0 saturated carbocycles. The molecular formula is C14H21ClN4O3. The number of aromatic nitrogens is 2. The van der Waals surface area contributed by atoms with Crippen LogP contribution in [0.2, 0.25) is 5.02 Å². The molecule has 0 radical (unpaired) electrons. The predicted octanol–water partition coefficient (Wildman–Crippen LogP) is 2.56. The van der Waals surface area contributed by atoms with Crippen molar-refractivity contribution in [2.24, 2.45) is 0 Å². The third kappa shape index (κ3) is 4.37. The molecule has 0 aliphatic carbocycles. The lowest BCUT2D eigenvalue weighted by atomic mass is 10.2. The van der Waals surface area contributed by atoms with E-state index in [9.17, 15) is 4.79 Å². The van der Waals surface area contributed by atoms with Crippen LogP contribution in [0, 0.1) is 0 Å². The summed E-state index contributed by atoms with van der Waals surface area (Å²) in [6, 6.07) is -0.0886. The SMILES string of the molecule is [2H]C([2H])([2H])Oc1nc(N[C@H]2CCN(C(=O)OC(C)(C)C)C2)ncc1Cl. The number of methoxy groups -OCH3 is 1. The number of ether oxygens (including phenoxy) is 2. The van der Waals surface area contributed by atoms with Crippen molar-refractivity contribution in [1.82, 2.24) is 14.9 Å². The molecule has 0 unspecified atom stereocenters. The second kappa shape index (κ2) is 6.56. The summed E-state index contributed by atoms with van der Waals surface area (Å²) in [5.74, 6) is -0.0409. The van der Waals surface area contributed by atoms with Gasteiger partial charge in [-0.05, 0) is 27.2 Å². The van der Waals surface area contributed by atoms with Crippen molar-refractivity contribution < 1.29 is 18.4 Å². The maximum atomic E-state index is 12.1. The summed E-state index contributed by atoms with van der Waals surface area (Å²) >= 11 is 5.85. The molecule has 1 N–H and O–H groups in total. The van der Waals surface area contributed by atoms with E-state index < -0.39 is 12.6 Å². The molecule has 1 saturated heterocycles. The highest BCUT2D eigenvalue weighted by Crippen LogP contribution is 2.23. The summed E-state index contributed by atoms with van der Waals surface area (Å²) in [4.78, 5) is 21.6. The average molecular weight is 332 g/mol. The second-order valence-electron chi connectivity index (χ2n) is 6.01. The van der Waals surface area contributed by atoms with E-state index in [1.54, 1.807) is 4.90 Å². The summed E-state index contributed by atoms with van der Waals surface area (Å²) < 4.78 is 31.4. The number of carbonyl (C=O) groups is 1. The molecule has 0 bridgehead atoms. The minimum atomic E-state index is -2.66. The molecule has 1 aromatic heterocycles. The van der Waals surface area contributed by atoms with Crippen LogP contribution in [0.25, 0.3) is 0 Å². The first-order valence-corrected chi connectivity index (χ1v) is 7.27. The number of halogens is 1. The van der Waals surface area contributed by atoms with Crippen molar-refractivity contribution >= 4 is 23.6 Å². The van der Waals surface area contributed by atoms with Crippen LogP contribution in [-0.4, -0.2) is 52.7 Å². The van der Waals surface area contributed by atoms with Gasteiger partial charge < -0.3 is 19.7 Å². The topological polar surface area (TPSA) is 76.6 Å². The van der Waals surface area contributed by atoms with Gasteiger partial charge >= 0.3 is 6.09 Å². The van der Waals surface area contributed by atoms with Crippen molar-refractivity contribution in [2.75, 3.05) is 25.4 Å². The smallest absolute Gasteiger partial charge is 0.410 e. The Hall–Kier alpha value is -1.76. The molecule has 1 fully saturated rings. The van der Waals surface area contributed by atoms with Gasteiger partial charge in [-0.25, -0.2) is 9.78 Å². The molecule has 1 aromatic rings. The monoisotopic (exact) mass is 331 g/mol. The highest BCUT2D eigenvalue weighted by Gasteiger charge is 2.30. The maximum Gasteiger partial charge on any atom is 0.410 e. The number of hydrogen-bond donors (Lipinski definition) is 1. The van der Waals surface area contributed by atoms with Crippen LogP contribution in [0.15, 0.2) is 6.20 Å². The van der Waals surface area contributed by atoms with E-state index >= 15 is 0 Å². The van der Waals surface area contributed by atoms with Gasteiger partial charge in [-0.1, -0.05) is 11.6 Å². The Kier molecular flexibility index (Phi) is 3.80. The Labute approximate surface area is 139 Å². The van der Waals surface area contributed by atoms with Crippen LogP contribution in [0.3, 0.4) is 0 Å². The molecule has 2 heterocycles. The number of amides is 1. The highest BCUT2D eigenvalue weighted by molar-refractivity contribution is 6.31. The summed E-state index contributed by atoms with van der Waals surface area (Å²) in [6.07, 6.45) is 1.57. The molecule has 1 atom stereocenters. The summed E-state index contributed by atoms with van der Waals surface area (Å²) in [5.41, 5.74) is -0.552. The van der Waals surface area contributed by atoms with Crippen molar-refractivity contribution in [2.45, 2.75) is 38.8 Å². The van der Waals surface area contributed by atoms with Crippen LogP contribution in [0.5, 0.6) is 5.88 Å². The number of nitrogens with zero attached hydrogens (tertiary/aromatic N) is 3. The predicted molar refractivity (Wildman–Crippen MR) is 83.4 cm³/mol. The minimum Gasteiger partial charge on any atom is -0.480 e. The summed E-state index contributed by atoms with van der Waals surface area (Å²) in [7, 11) is -2.66. The van der Waals surface area contributed by atoms with E-state index in [2.05, 4.69) is 15.3 Å². The lowest BCUT2D eigenvalue weighted by Crippen LogP contribution is -2.36. The van der Waals surface area contributed by atoms with E-state index in [0.717, 1.165) is 0 Å². The molecular weight excluding hydrogens is 308 g/mol. The molecule has 0 spiro atoms. The fourth-order valence-electron chi connectivity index (χ4n) is 2.05. The number of nitrogens with one attached hydrogen (secondary N) is 1. The van der Waals surface area contributed by atoms with Crippen LogP contribution < -0.4 is 10.1 Å². The zero-order valence-electron chi connectivity index (χ0n) is 15.7. The van der Waals surface area contributed by atoms with Gasteiger partial charge in [0.2, 0.25) is 11.8 Å². The molecule has 8 heteroatoms. The molecule has 1 aliphatic rings. The zero-order chi connectivity index (χ0) is 18.8. The number of carbonyl (C=O) groups excluding carboxylic acids is 1. The van der Waals surface area contributed by atoms with Gasteiger partial charge in [0, 0.05) is 19.1 Å². The molecule has 122 valence electrons. The number of hydrogen-bond acceptors (Lipinski definition) is 6. The third-order valence-electron chi connectivity index (χ3n) is 2.98. The van der Waals surface area contributed by atoms with Crippen LogP contribution >= 0.6 is 11.6 Å². The van der Waals surface area contributed by atoms with Crippen LogP contribution in [0.4, 0.5) is 10.7 Å². The standard InChI is InChI=1S/C14H21ClN4O3/c1-14(2,3)22-13(20)19-6-5-9(8-19)17-12-16-7-10(15)11(18-12)21-4/h7,9H,5-6,8H2,1-4H3,(H,16,17,18)/t9-/m0/s1/i4D3. The molecule has 22 heavy (non-hydrogen) atoms. The van der Waals surface area contributed by atoms with Crippen molar-refractivity contribution in [3.05, 3.63) is 11.2 Å². The van der Waals surface area contributed by atoms with Gasteiger partial charge in [0.25, 0.3) is 0 Å². The molecule has 2 rings (SSSR count). The Morgan fingerprint density at radius 2 is 2.36 bits per heavy atom. The van der Waals surface area contributed by atoms with Crippen LogP contribution in [-0.2, 0) is 4.74 Å². The Balaban J connectivity index is 1.97. The highest BCUT2D eigenvalue weighted by atomic mass is 35.5. The molecule has 7 nitrogen and oxygen atoms in total. The lowest BCUT2D eigenvalue weighted by molar-refractivity contribution is 0.0293. The minimum absolute atomic E-state index is 0.00322. The summed E-state index contributed by atoms with van der Waals surface area (Å²) in [5, 5.41) is 3.05. The van der Waals surface area contributed by atoms with E-state index in [-0.39, 0.29) is 29.0 Å². The van der Waals surface area contributed by atoms with Gasteiger partial charge in [0.15, 0.2) is 0 Å². The average Bonchev–Trinajstić information content (AvgIpc) is 2.88. The van der Waals surface area contributed by atoms with E-state index in [1.807, 2.05) is 20.8 Å². The number of rotatable bonds is 3. The van der Waals surface area contributed by atoms with Crippen LogP contribution in [0.1, 0.15) is 31.3 Å². The van der Waals surface area contributed by atoms with Gasteiger partial charge in [-0.3, -0.25) is 0 Å². The Morgan fingerprint density at radius 1 is 1.59 bits per heavy atom. The van der Waals surface area contributed by atoms with Crippen molar-refractivity contribution in [3.63, 3.8) is 0 Å². The Bertz CT molecular complexity index is 637. The van der Waals surface area contributed by atoms with Gasteiger partial charge in [0.1, 0.15) is 10.6 Å². The van der Waals surface area contributed by atoms with Crippen molar-refractivity contribution in [1.29, 1.82) is 0 Å². The van der Waals surface area contributed by atoms with E-state index in [4.69, 9.17) is 25.2 Å². The van der Waals surface area contributed by atoms with E-state index in [1.165, 1.54) is 6.20 Å². The van der Waals surface area contributed by atoms with E-state index in [0.29, 0.717) is 19.5 Å². The maximum absolute atomic E-state index is 12.1. The molecule has 0 aromatic carbocycles. The third-order valence-corrected chi connectivity index (χ3v) is 3.24. The first-order chi connectivity index (χ1) is 11.4. The molecule has 1 aliphatic heterocycles. The fourth-order valence-corrected chi connectivity index (χ4v) is 2.18. The first-order valence-electron chi connectivity index (χ1n) is 8.39. The Morgan fingerprint density at radius 3 is 3.05 bits per heavy atom. The zero-order valence-corrected chi connectivity index (χ0v) is 13.5. The number of anilines is 1. The van der Waals surface area contributed by atoms with Gasteiger partial charge in [-0.2, -0.15) is 4.98 Å². The van der Waals surface area contributed by atoms with Crippen molar-refractivity contribution in [3.8, 4) is 5.88 Å². The summed E-state index contributed by atoms with van der Waals surface area (Å²) in [6.45, 7) is 6.40. The second-order valence-corrected chi connectivity index (χ2v) is 6.41. The first kappa shape index (κ1) is 12.8. The number of likely N-dealkylation sites (tertiary alicyclic amines) is 1. The quantitative estimate of drug-likeness (QED) is 0.917. The fraction of sp³-hybridized carbons (Fsp3) is 0.643. The lowest BCUT2D eigenvalue weighted by Gasteiger charge is -2.24. The molecule has 1 amide bonds.